The Labute approximate surface area is 196 Å². The molecule has 17 nitrogen and oxygen atoms in total. The van der Waals surface area contributed by atoms with E-state index in [0.717, 1.165) is 0 Å². The third kappa shape index (κ3) is 5.59. The molecule has 11 N–H and O–H groups in total. The van der Waals surface area contributed by atoms with Crippen molar-refractivity contribution in [1.82, 2.24) is 0 Å². The van der Waals surface area contributed by atoms with Gasteiger partial charge in [0.25, 0.3) is 0 Å². The molecule has 0 saturated carbocycles. The van der Waals surface area contributed by atoms with Crippen LogP contribution in [-0.2, 0) is 28.5 Å². The zero-order valence-electron chi connectivity index (χ0n) is 17.9. The van der Waals surface area contributed by atoms with Gasteiger partial charge in [-0.05, 0) is 0 Å². The van der Waals surface area contributed by atoms with Crippen molar-refractivity contribution in [2.75, 3.05) is 13.2 Å². The Bertz CT molecular complexity index is 707. The lowest BCUT2D eigenvalue weighted by atomic mass is 9.96. The third-order valence-electron chi connectivity index (χ3n) is 6.06. The van der Waals surface area contributed by atoms with Crippen LogP contribution in [0.15, 0.2) is 0 Å². The summed E-state index contributed by atoms with van der Waals surface area (Å²) in [5.41, 5.74) is 0. The Morgan fingerprint density at radius 2 is 1.03 bits per heavy atom. The third-order valence-corrected chi connectivity index (χ3v) is 6.06. The van der Waals surface area contributed by atoms with Crippen LogP contribution in [0.4, 0.5) is 0 Å². The Balaban J connectivity index is 1.86. The number of ether oxygens (including phenoxy) is 5. The Hall–Kier alpha value is -1.13. The van der Waals surface area contributed by atoms with Crippen LogP contribution in [-0.4, -0.2) is 167 Å². The quantitative estimate of drug-likeness (QED) is 0.149. The molecule has 0 bridgehead atoms. The van der Waals surface area contributed by atoms with Crippen LogP contribution < -0.4 is 0 Å². The Morgan fingerprint density at radius 3 is 1.43 bits per heavy atom. The number of carboxylic acid groups (broad SMARTS) is 1. The van der Waals surface area contributed by atoms with Gasteiger partial charge in [0, 0.05) is 0 Å². The highest BCUT2D eigenvalue weighted by molar-refractivity contribution is 5.73. The van der Waals surface area contributed by atoms with Gasteiger partial charge in [-0.3, -0.25) is 0 Å². The Kier molecular flexibility index (Phi) is 9.35. The van der Waals surface area contributed by atoms with Gasteiger partial charge in [0.15, 0.2) is 25.0 Å². The van der Waals surface area contributed by atoms with Crippen molar-refractivity contribution >= 4 is 5.97 Å². The van der Waals surface area contributed by atoms with Crippen molar-refractivity contribution in [2.24, 2.45) is 0 Å². The van der Waals surface area contributed by atoms with Crippen LogP contribution in [0.5, 0.6) is 0 Å². The smallest absolute Gasteiger partial charge is 0.335 e. The minimum atomic E-state index is -2.18. The summed E-state index contributed by atoms with van der Waals surface area (Å²) in [5.74, 6) is -1.73. The first-order valence-electron chi connectivity index (χ1n) is 10.6. The molecule has 3 aliphatic rings. The van der Waals surface area contributed by atoms with Crippen molar-refractivity contribution in [3.8, 4) is 0 Å². The Morgan fingerprint density at radius 1 is 0.600 bits per heavy atom. The molecule has 3 aliphatic heterocycles. The van der Waals surface area contributed by atoms with Crippen LogP contribution in [0, 0.1) is 0 Å². The first kappa shape index (κ1) is 28.4. The van der Waals surface area contributed by atoms with Gasteiger partial charge >= 0.3 is 5.97 Å². The summed E-state index contributed by atoms with van der Waals surface area (Å²) < 4.78 is 26.0. The van der Waals surface area contributed by atoms with E-state index in [9.17, 15) is 61.0 Å². The summed E-state index contributed by atoms with van der Waals surface area (Å²) in [4.78, 5) is 11.5. The summed E-state index contributed by atoms with van der Waals surface area (Å²) >= 11 is 0. The molecule has 17 heteroatoms. The number of aliphatic hydroxyl groups is 10. The van der Waals surface area contributed by atoms with Gasteiger partial charge in [0.05, 0.1) is 13.2 Å². The van der Waals surface area contributed by atoms with Crippen LogP contribution in [0.3, 0.4) is 0 Å². The molecular formula is C18H30O17. The monoisotopic (exact) mass is 518 g/mol. The topological polar surface area (TPSA) is 286 Å². The fourth-order valence-electron chi connectivity index (χ4n) is 4.01. The molecule has 35 heavy (non-hydrogen) atoms. The van der Waals surface area contributed by atoms with E-state index in [1.807, 2.05) is 0 Å². The molecule has 0 aromatic rings. The number of aliphatic hydroxyl groups excluding tert-OH is 10. The highest BCUT2D eigenvalue weighted by Crippen LogP contribution is 2.32. The normalized spacial score (nSPS) is 51.2. The largest absolute Gasteiger partial charge is 0.479 e. The molecule has 0 aromatic carbocycles. The molecule has 15 atom stereocenters. The molecule has 1 unspecified atom stereocenters. The molecule has 3 fully saturated rings. The molecule has 3 heterocycles. The van der Waals surface area contributed by atoms with E-state index in [4.69, 9.17) is 23.7 Å². The molecule has 3 saturated heterocycles. The van der Waals surface area contributed by atoms with Crippen molar-refractivity contribution in [1.29, 1.82) is 0 Å². The molecule has 0 aliphatic carbocycles. The summed E-state index contributed by atoms with van der Waals surface area (Å²) in [6.07, 6.45) is -28.1. The lowest BCUT2D eigenvalue weighted by Gasteiger charge is -2.47. The average Bonchev–Trinajstić information content (AvgIpc) is 2.82. The van der Waals surface area contributed by atoms with Gasteiger partial charge in [-0.25, -0.2) is 4.79 Å². The van der Waals surface area contributed by atoms with Crippen LogP contribution in [0.2, 0.25) is 0 Å². The van der Waals surface area contributed by atoms with E-state index in [-0.39, 0.29) is 0 Å². The fourth-order valence-corrected chi connectivity index (χ4v) is 4.01. The van der Waals surface area contributed by atoms with Crippen LogP contribution >= 0.6 is 0 Å². The zero-order chi connectivity index (χ0) is 26.2. The minimum Gasteiger partial charge on any atom is -0.479 e. The van der Waals surface area contributed by atoms with Crippen molar-refractivity contribution in [3.05, 3.63) is 0 Å². The number of hydrogen-bond donors (Lipinski definition) is 11. The molecule has 3 rings (SSSR count). The highest BCUT2D eigenvalue weighted by Gasteiger charge is 2.55. The number of aliphatic carboxylic acids is 1. The number of carboxylic acids is 1. The van der Waals surface area contributed by atoms with Gasteiger partial charge in [-0.1, -0.05) is 0 Å². The molecule has 0 spiro atoms. The van der Waals surface area contributed by atoms with Crippen molar-refractivity contribution in [3.63, 3.8) is 0 Å². The molecule has 0 aromatic heterocycles. The first-order chi connectivity index (χ1) is 16.4. The predicted octanol–water partition coefficient (Wildman–Crippen LogP) is -7.48. The maximum atomic E-state index is 11.5. The first-order valence-corrected chi connectivity index (χ1v) is 10.6. The molecule has 0 radical (unpaired) electrons. The van der Waals surface area contributed by atoms with Crippen molar-refractivity contribution < 1.29 is 84.7 Å². The van der Waals surface area contributed by atoms with E-state index in [1.165, 1.54) is 0 Å². The number of carbonyl (C=O) groups is 1. The molecule has 0 amide bonds. The van der Waals surface area contributed by atoms with E-state index < -0.39 is 111 Å². The van der Waals surface area contributed by atoms with E-state index in [0.29, 0.717) is 0 Å². The van der Waals surface area contributed by atoms with E-state index >= 15 is 0 Å². The second-order valence-electron chi connectivity index (χ2n) is 8.37. The summed E-state index contributed by atoms with van der Waals surface area (Å²) in [5, 5.41) is 109. The summed E-state index contributed by atoms with van der Waals surface area (Å²) in [6.45, 7) is -1.64. The lowest BCUT2D eigenvalue weighted by Crippen LogP contribution is -2.67. The lowest BCUT2D eigenvalue weighted by molar-refractivity contribution is -0.384. The SMILES string of the molecule is O=C(O)[C@H]1OC(O)[C@H](O[C@@H]2O[C@H](CO)[C@@H](O)[C@H](O)[C@H]2O)[C@@H](O[C@@H]2O[C@H](CO)[C@H](O)[C@H](O)[C@H]2O)[C@@H]1O. The zero-order valence-corrected chi connectivity index (χ0v) is 17.9. The predicted molar refractivity (Wildman–Crippen MR) is 102 cm³/mol. The standard InChI is InChI=1S/C18H30O17/c19-1-3-5(21)7(23)9(25)17(31-3)34-12-11(27)13(15(28)29)33-16(30)14(12)35-18-10(26)8(24)6(22)4(2-20)32-18/h3-14,16-27,30H,1-2H2,(H,28,29)/t3-,4-,5+,6-,7+,8+,9-,10-,11+,12+,13+,14-,16?,17+,18+/m1/s1. The van der Waals surface area contributed by atoms with Gasteiger partial charge < -0.3 is 79.9 Å². The average molecular weight is 518 g/mol. The van der Waals surface area contributed by atoms with Crippen LogP contribution in [0.25, 0.3) is 0 Å². The number of hydrogen-bond acceptors (Lipinski definition) is 16. The van der Waals surface area contributed by atoms with Gasteiger partial charge in [0.2, 0.25) is 0 Å². The summed E-state index contributed by atoms with van der Waals surface area (Å²) in [6, 6.07) is 0. The van der Waals surface area contributed by atoms with Crippen LogP contribution in [0.1, 0.15) is 0 Å². The fraction of sp³-hybridized carbons (Fsp3) is 0.944. The molecular weight excluding hydrogens is 488 g/mol. The van der Waals surface area contributed by atoms with E-state index in [2.05, 4.69) is 0 Å². The summed E-state index contributed by atoms with van der Waals surface area (Å²) in [7, 11) is 0. The highest BCUT2D eigenvalue weighted by atomic mass is 16.8. The second kappa shape index (κ2) is 11.5. The van der Waals surface area contributed by atoms with Gasteiger partial charge in [-0.15, -0.1) is 0 Å². The second-order valence-corrected chi connectivity index (χ2v) is 8.37. The van der Waals surface area contributed by atoms with E-state index in [1.54, 1.807) is 0 Å². The minimum absolute atomic E-state index is 0.816. The maximum Gasteiger partial charge on any atom is 0.335 e. The van der Waals surface area contributed by atoms with Gasteiger partial charge in [-0.2, -0.15) is 0 Å². The molecule has 204 valence electrons. The number of rotatable bonds is 7. The van der Waals surface area contributed by atoms with Crippen molar-refractivity contribution in [2.45, 2.75) is 92.1 Å². The maximum absolute atomic E-state index is 11.5. The van der Waals surface area contributed by atoms with Gasteiger partial charge in [0.1, 0.15) is 67.1 Å².